The van der Waals surface area contributed by atoms with Gasteiger partial charge in [-0.05, 0) is 71.8 Å². The highest BCUT2D eigenvalue weighted by molar-refractivity contribution is 5.78. The molecule has 0 saturated carbocycles. The molecular formula is C24H35NO2. The highest BCUT2D eigenvalue weighted by Gasteiger charge is 1.95. The third kappa shape index (κ3) is 14.4. The summed E-state index contributed by atoms with van der Waals surface area (Å²) in [5.41, 5.74) is 10.5. The summed E-state index contributed by atoms with van der Waals surface area (Å²) in [6.07, 6.45) is 20.4. The molecule has 0 aliphatic rings. The van der Waals surface area contributed by atoms with Gasteiger partial charge in [0.25, 0.3) is 0 Å². The van der Waals surface area contributed by atoms with Crippen LogP contribution in [0.5, 0.6) is 0 Å². The summed E-state index contributed by atoms with van der Waals surface area (Å²) in [6.45, 7) is 8.60. The fourth-order valence-corrected chi connectivity index (χ4v) is 2.42. The molecule has 3 heteroatoms. The molecule has 3 nitrogen and oxygen atoms in total. The molecule has 0 unspecified atom stereocenters. The molecule has 0 bridgehead atoms. The van der Waals surface area contributed by atoms with Crippen LogP contribution < -0.4 is 5.73 Å². The van der Waals surface area contributed by atoms with E-state index in [-0.39, 0.29) is 0 Å². The predicted octanol–water partition coefficient (Wildman–Crippen LogP) is 5.91. The average Bonchev–Trinajstić information content (AvgIpc) is 2.63. The molecule has 2 N–H and O–H groups in total. The largest absolute Gasteiger partial charge is 0.404 e. The molecular weight excluding hydrogens is 334 g/mol. The van der Waals surface area contributed by atoms with Crippen LogP contribution in [0.1, 0.15) is 66.2 Å². The Morgan fingerprint density at radius 1 is 0.778 bits per heavy atom. The molecule has 0 rings (SSSR count). The van der Waals surface area contributed by atoms with Crippen molar-refractivity contribution in [1.29, 1.82) is 0 Å². The van der Waals surface area contributed by atoms with Crippen LogP contribution in [0.3, 0.4) is 0 Å². The summed E-state index contributed by atoms with van der Waals surface area (Å²) >= 11 is 0. The summed E-state index contributed by atoms with van der Waals surface area (Å²) in [5.74, 6) is 0. The number of hydrogen-bond donors (Lipinski definition) is 1. The van der Waals surface area contributed by atoms with Gasteiger partial charge in [-0.2, -0.15) is 0 Å². The van der Waals surface area contributed by atoms with Crippen molar-refractivity contribution in [3.05, 3.63) is 70.5 Å². The number of carbonyl (C=O) groups excluding carboxylic acids is 2. The van der Waals surface area contributed by atoms with E-state index >= 15 is 0 Å². The zero-order valence-electron chi connectivity index (χ0n) is 17.3. The van der Waals surface area contributed by atoms with E-state index in [0.29, 0.717) is 23.9 Å². The fraction of sp³-hybridized carbons (Fsp3) is 0.417. The molecule has 0 aromatic carbocycles. The van der Waals surface area contributed by atoms with Gasteiger partial charge in [-0.1, -0.05) is 53.2 Å². The van der Waals surface area contributed by atoms with Crippen molar-refractivity contribution >= 4 is 12.6 Å². The van der Waals surface area contributed by atoms with Crippen molar-refractivity contribution < 1.29 is 9.59 Å². The molecule has 0 spiro atoms. The molecule has 0 amide bonds. The Bertz CT molecular complexity index is 639. The topological polar surface area (TPSA) is 60.2 Å². The molecule has 27 heavy (non-hydrogen) atoms. The third-order valence-corrected chi connectivity index (χ3v) is 4.13. The lowest BCUT2D eigenvalue weighted by Crippen LogP contribution is -1.87. The highest BCUT2D eigenvalue weighted by atomic mass is 16.1. The molecule has 0 aliphatic carbocycles. The van der Waals surface area contributed by atoms with E-state index in [1.165, 1.54) is 22.9 Å². The van der Waals surface area contributed by atoms with Crippen LogP contribution in [0.4, 0.5) is 0 Å². The van der Waals surface area contributed by atoms with Gasteiger partial charge in [-0.15, -0.1) is 0 Å². The van der Waals surface area contributed by atoms with Gasteiger partial charge >= 0.3 is 0 Å². The summed E-state index contributed by atoms with van der Waals surface area (Å²) in [4.78, 5) is 21.8. The maximum absolute atomic E-state index is 11.1. The van der Waals surface area contributed by atoms with Crippen molar-refractivity contribution in [2.45, 2.75) is 66.2 Å². The zero-order valence-corrected chi connectivity index (χ0v) is 17.3. The van der Waals surface area contributed by atoms with E-state index in [9.17, 15) is 9.59 Å². The average molecular weight is 370 g/mol. The lowest BCUT2D eigenvalue weighted by Gasteiger charge is -2.02. The van der Waals surface area contributed by atoms with E-state index < -0.39 is 0 Å². The van der Waals surface area contributed by atoms with Crippen LogP contribution in [0.25, 0.3) is 0 Å². The minimum Gasteiger partial charge on any atom is -0.404 e. The second-order valence-electron chi connectivity index (χ2n) is 7.00. The number of carbonyl (C=O) groups is 2. The summed E-state index contributed by atoms with van der Waals surface area (Å²) in [6, 6.07) is 0. The maximum Gasteiger partial charge on any atom is 0.151 e. The number of allylic oxidation sites excluding steroid dienone is 11. The molecule has 148 valence electrons. The Morgan fingerprint density at radius 3 is 1.81 bits per heavy atom. The minimum absolute atomic E-state index is 0.386. The number of aldehydes is 2. The zero-order chi connectivity index (χ0) is 20.5. The van der Waals surface area contributed by atoms with Gasteiger partial charge in [0.05, 0.1) is 0 Å². The first-order valence-corrected chi connectivity index (χ1v) is 9.57. The van der Waals surface area contributed by atoms with Gasteiger partial charge in [0.1, 0.15) is 6.29 Å². The van der Waals surface area contributed by atoms with Crippen LogP contribution in [0.15, 0.2) is 70.5 Å². The third-order valence-electron chi connectivity index (χ3n) is 4.13. The first kappa shape index (κ1) is 24.6. The van der Waals surface area contributed by atoms with Crippen LogP contribution in [-0.2, 0) is 9.59 Å². The lowest BCUT2D eigenvalue weighted by atomic mass is 10.0. The van der Waals surface area contributed by atoms with Crippen LogP contribution >= 0.6 is 0 Å². The molecule has 0 aliphatic heterocycles. The summed E-state index contributed by atoms with van der Waals surface area (Å²) < 4.78 is 0. The lowest BCUT2D eigenvalue weighted by molar-refractivity contribution is -0.105. The van der Waals surface area contributed by atoms with Gasteiger partial charge in [-0.25, -0.2) is 0 Å². The number of nitrogens with two attached hydrogens (primary N) is 1. The van der Waals surface area contributed by atoms with Crippen molar-refractivity contribution in [2.75, 3.05) is 0 Å². The van der Waals surface area contributed by atoms with Gasteiger partial charge in [0, 0.05) is 11.8 Å². The van der Waals surface area contributed by atoms with Crippen molar-refractivity contribution in [1.82, 2.24) is 0 Å². The number of hydrogen-bond acceptors (Lipinski definition) is 3. The normalized spacial score (nSPS) is 13.8. The SMILES string of the molecule is CC(C)=CCC/C(C)=C/CC/C(C)=C/CC\C(C=O)=C/C=C/C(C=O)=C/N. The van der Waals surface area contributed by atoms with Gasteiger partial charge < -0.3 is 5.73 Å². The monoisotopic (exact) mass is 369 g/mol. The van der Waals surface area contributed by atoms with E-state index in [0.717, 1.165) is 38.4 Å². The molecule has 0 fully saturated rings. The Hall–Kier alpha value is -2.42. The Morgan fingerprint density at radius 2 is 1.33 bits per heavy atom. The standard InChI is InChI=1S/C24H35NO2/c1-20(2)9-5-10-21(3)11-6-12-22(4)13-7-14-23(18-26)15-8-16-24(17-25)19-27/h8-9,11,13,15-19H,5-7,10,12,14,25H2,1-4H3/b16-8+,21-11+,22-13+,23-15+,24-17-. The first-order chi connectivity index (χ1) is 12.9. The minimum atomic E-state index is 0.386. The highest BCUT2D eigenvalue weighted by Crippen LogP contribution is 2.13. The quantitative estimate of drug-likeness (QED) is 0.190. The Balaban J connectivity index is 4.34. The smallest absolute Gasteiger partial charge is 0.151 e. The molecule has 0 radical (unpaired) electrons. The van der Waals surface area contributed by atoms with Crippen LogP contribution in [-0.4, -0.2) is 12.6 Å². The number of rotatable bonds is 13. The van der Waals surface area contributed by atoms with Crippen LogP contribution in [0.2, 0.25) is 0 Å². The Labute approximate surface area is 165 Å². The van der Waals surface area contributed by atoms with Crippen molar-refractivity contribution in [3.8, 4) is 0 Å². The van der Waals surface area contributed by atoms with Crippen molar-refractivity contribution in [2.24, 2.45) is 5.73 Å². The van der Waals surface area contributed by atoms with E-state index in [4.69, 9.17) is 5.73 Å². The second-order valence-corrected chi connectivity index (χ2v) is 7.00. The Kier molecular flexibility index (Phi) is 14.4. The maximum atomic E-state index is 11.1. The molecule has 0 saturated heterocycles. The van der Waals surface area contributed by atoms with Gasteiger partial charge in [-0.3, -0.25) is 9.59 Å². The predicted molar refractivity (Wildman–Crippen MR) is 116 cm³/mol. The van der Waals surface area contributed by atoms with E-state index in [2.05, 4.69) is 45.9 Å². The van der Waals surface area contributed by atoms with Crippen LogP contribution in [0, 0.1) is 0 Å². The summed E-state index contributed by atoms with van der Waals surface area (Å²) in [7, 11) is 0. The first-order valence-electron chi connectivity index (χ1n) is 9.57. The molecule has 0 aromatic rings. The van der Waals surface area contributed by atoms with Gasteiger partial charge in [0.15, 0.2) is 6.29 Å². The van der Waals surface area contributed by atoms with E-state index in [1.54, 1.807) is 18.2 Å². The van der Waals surface area contributed by atoms with Gasteiger partial charge in [0.2, 0.25) is 0 Å². The molecule has 0 atom stereocenters. The van der Waals surface area contributed by atoms with E-state index in [1.807, 2.05) is 0 Å². The van der Waals surface area contributed by atoms with Crippen molar-refractivity contribution in [3.63, 3.8) is 0 Å². The second kappa shape index (κ2) is 15.8. The summed E-state index contributed by atoms with van der Waals surface area (Å²) in [5, 5.41) is 0. The fourth-order valence-electron chi connectivity index (χ4n) is 2.42. The molecule has 0 aromatic heterocycles. The molecule has 0 heterocycles.